The number of benzene rings is 1. The first kappa shape index (κ1) is 13.9. The van der Waals surface area contributed by atoms with Crippen LogP contribution in [0.4, 0.5) is 0 Å². The van der Waals surface area contributed by atoms with E-state index in [1.807, 2.05) is 0 Å². The summed E-state index contributed by atoms with van der Waals surface area (Å²) in [6.07, 6.45) is 5.58. The van der Waals surface area contributed by atoms with Gasteiger partial charge in [-0.05, 0) is 32.3 Å². The molecule has 1 aromatic rings. The zero-order valence-electron chi connectivity index (χ0n) is 11.4. The minimum Gasteiger partial charge on any atom is -0.271 e. The molecule has 1 atom stereocenters. The van der Waals surface area contributed by atoms with Crippen molar-refractivity contribution in [3.05, 3.63) is 34.9 Å². The maximum atomic E-state index is 5.73. The largest absolute Gasteiger partial charge is 0.271 e. The summed E-state index contributed by atoms with van der Waals surface area (Å²) in [5.74, 6) is 6.80. The van der Waals surface area contributed by atoms with Gasteiger partial charge in [0.25, 0.3) is 0 Å². The van der Waals surface area contributed by atoms with Gasteiger partial charge in [-0.15, -0.1) is 0 Å². The van der Waals surface area contributed by atoms with Crippen LogP contribution in [-0.2, 0) is 0 Å². The van der Waals surface area contributed by atoms with Crippen LogP contribution < -0.4 is 11.3 Å². The van der Waals surface area contributed by atoms with Crippen LogP contribution in [-0.4, -0.2) is 11.0 Å². The standard InChI is InChI=1S/C15H24N2S/c1-11-7-12(2)9-13(8-11)15(17-16)10-18-14-5-3-4-6-14/h7-9,14-15,17H,3-6,10,16H2,1-2H3. The third-order valence-corrected chi connectivity index (χ3v) is 5.12. The molecule has 0 radical (unpaired) electrons. The van der Waals surface area contributed by atoms with Gasteiger partial charge in [0.15, 0.2) is 0 Å². The Bertz CT molecular complexity index is 366. The molecule has 1 saturated carbocycles. The summed E-state index contributed by atoms with van der Waals surface area (Å²) in [5.41, 5.74) is 6.93. The third-order valence-electron chi connectivity index (χ3n) is 3.65. The molecule has 1 aliphatic carbocycles. The van der Waals surface area contributed by atoms with Gasteiger partial charge in [0.1, 0.15) is 0 Å². The molecule has 1 aliphatic rings. The van der Waals surface area contributed by atoms with E-state index in [1.165, 1.54) is 42.4 Å². The lowest BCUT2D eigenvalue weighted by Gasteiger charge is -2.19. The SMILES string of the molecule is Cc1cc(C)cc(C(CSC2CCCC2)NN)c1. The van der Waals surface area contributed by atoms with Crippen molar-refractivity contribution in [2.24, 2.45) is 5.84 Å². The van der Waals surface area contributed by atoms with Crippen LogP contribution in [0.3, 0.4) is 0 Å². The number of nitrogens with one attached hydrogen (secondary N) is 1. The fourth-order valence-corrected chi connectivity index (χ4v) is 4.16. The Labute approximate surface area is 115 Å². The van der Waals surface area contributed by atoms with Crippen molar-refractivity contribution in [1.82, 2.24) is 5.43 Å². The average Bonchev–Trinajstić information content (AvgIpc) is 2.81. The number of aryl methyl sites for hydroxylation is 2. The zero-order chi connectivity index (χ0) is 13.0. The highest BCUT2D eigenvalue weighted by atomic mass is 32.2. The predicted molar refractivity (Wildman–Crippen MR) is 80.7 cm³/mol. The molecular weight excluding hydrogens is 240 g/mol. The van der Waals surface area contributed by atoms with Crippen LogP contribution in [0.2, 0.25) is 0 Å². The van der Waals surface area contributed by atoms with Crippen molar-refractivity contribution < 1.29 is 0 Å². The highest BCUT2D eigenvalue weighted by Crippen LogP contribution is 2.32. The van der Waals surface area contributed by atoms with E-state index in [0.717, 1.165) is 11.0 Å². The van der Waals surface area contributed by atoms with Crippen molar-refractivity contribution in [1.29, 1.82) is 0 Å². The van der Waals surface area contributed by atoms with Crippen LogP contribution in [0.25, 0.3) is 0 Å². The van der Waals surface area contributed by atoms with Gasteiger partial charge in [0, 0.05) is 11.0 Å². The second kappa shape index (κ2) is 6.60. The van der Waals surface area contributed by atoms with E-state index >= 15 is 0 Å². The lowest BCUT2D eigenvalue weighted by molar-refractivity contribution is 0.608. The minimum absolute atomic E-state index is 0.272. The first-order valence-corrected chi connectivity index (χ1v) is 7.90. The summed E-state index contributed by atoms with van der Waals surface area (Å²) >= 11 is 2.08. The number of hydrazine groups is 1. The third kappa shape index (κ3) is 3.74. The number of rotatable bonds is 5. The first-order chi connectivity index (χ1) is 8.69. The fraction of sp³-hybridized carbons (Fsp3) is 0.600. The quantitative estimate of drug-likeness (QED) is 0.631. The topological polar surface area (TPSA) is 38.0 Å². The van der Waals surface area contributed by atoms with Gasteiger partial charge < -0.3 is 0 Å². The molecule has 18 heavy (non-hydrogen) atoms. The van der Waals surface area contributed by atoms with Crippen molar-refractivity contribution >= 4 is 11.8 Å². The molecule has 0 aliphatic heterocycles. The molecule has 3 heteroatoms. The zero-order valence-corrected chi connectivity index (χ0v) is 12.2. The molecule has 1 unspecified atom stereocenters. The number of nitrogens with two attached hydrogens (primary N) is 1. The van der Waals surface area contributed by atoms with Gasteiger partial charge in [-0.2, -0.15) is 11.8 Å². The molecule has 100 valence electrons. The number of thioether (sulfide) groups is 1. The molecule has 1 aromatic carbocycles. The summed E-state index contributed by atoms with van der Waals surface area (Å²) in [7, 11) is 0. The molecule has 0 saturated heterocycles. The minimum atomic E-state index is 0.272. The predicted octanol–water partition coefficient (Wildman–Crippen LogP) is 3.48. The van der Waals surface area contributed by atoms with Crippen LogP contribution in [0.15, 0.2) is 18.2 Å². The summed E-state index contributed by atoms with van der Waals surface area (Å²) in [6.45, 7) is 4.29. The van der Waals surface area contributed by atoms with Gasteiger partial charge in [-0.1, -0.05) is 42.2 Å². The lowest BCUT2D eigenvalue weighted by Crippen LogP contribution is -2.30. The van der Waals surface area contributed by atoms with E-state index in [9.17, 15) is 0 Å². The average molecular weight is 264 g/mol. The molecule has 0 amide bonds. The van der Waals surface area contributed by atoms with Gasteiger partial charge in [0.2, 0.25) is 0 Å². The Morgan fingerprint density at radius 1 is 1.22 bits per heavy atom. The molecule has 2 rings (SSSR count). The Hall–Kier alpha value is -0.510. The van der Waals surface area contributed by atoms with E-state index in [2.05, 4.69) is 49.2 Å². The molecular formula is C15H24N2S. The van der Waals surface area contributed by atoms with E-state index in [1.54, 1.807) is 0 Å². The Balaban J connectivity index is 1.98. The normalized spacial score (nSPS) is 18.2. The molecule has 0 spiro atoms. The van der Waals surface area contributed by atoms with Gasteiger partial charge in [-0.3, -0.25) is 11.3 Å². The number of hydrogen-bond donors (Lipinski definition) is 2. The van der Waals surface area contributed by atoms with Crippen LogP contribution in [0.1, 0.15) is 48.4 Å². The smallest absolute Gasteiger partial charge is 0.0550 e. The molecule has 0 bridgehead atoms. The van der Waals surface area contributed by atoms with Crippen molar-refractivity contribution in [2.45, 2.75) is 50.8 Å². The molecule has 1 fully saturated rings. The second-order valence-corrected chi connectivity index (χ2v) is 6.71. The summed E-state index contributed by atoms with van der Waals surface area (Å²) in [5, 5.41) is 0.853. The van der Waals surface area contributed by atoms with Crippen molar-refractivity contribution in [3.8, 4) is 0 Å². The highest BCUT2D eigenvalue weighted by molar-refractivity contribution is 7.99. The Morgan fingerprint density at radius 2 is 1.83 bits per heavy atom. The van der Waals surface area contributed by atoms with E-state index in [-0.39, 0.29) is 6.04 Å². The fourth-order valence-electron chi connectivity index (χ4n) is 2.74. The highest BCUT2D eigenvalue weighted by Gasteiger charge is 2.18. The lowest BCUT2D eigenvalue weighted by atomic mass is 10.0. The maximum absolute atomic E-state index is 5.73. The Kier molecular flexibility index (Phi) is 5.10. The van der Waals surface area contributed by atoms with E-state index < -0.39 is 0 Å². The van der Waals surface area contributed by atoms with E-state index in [4.69, 9.17) is 5.84 Å². The molecule has 2 nitrogen and oxygen atoms in total. The summed E-state index contributed by atoms with van der Waals surface area (Å²) < 4.78 is 0. The number of hydrogen-bond acceptors (Lipinski definition) is 3. The van der Waals surface area contributed by atoms with Gasteiger partial charge in [-0.25, -0.2) is 0 Å². The first-order valence-electron chi connectivity index (χ1n) is 6.85. The van der Waals surface area contributed by atoms with Gasteiger partial charge >= 0.3 is 0 Å². The molecule has 0 heterocycles. The Morgan fingerprint density at radius 3 is 2.39 bits per heavy atom. The van der Waals surface area contributed by atoms with Gasteiger partial charge in [0.05, 0.1) is 6.04 Å². The van der Waals surface area contributed by atoms with E-state index in [0.29, 0.717) is 0 Å². The van der Waals surface area contributed by atoms with Crippen LogP contribution >= 0.6 is 11.8 Å². The van der Waals surface area contributed by atoms with Crippen LogP contribution in [0.5, 0.6) is 0 Å². The molecule has 0 aromatic heterocycles. The van der Waals surface area contributed by atoms with Crippen molar-refractivity contribution in [2.75, 3.05) is 5.75 Å². The second-order valence-electron chi connectivity index (χ2n) is 5.38. The van der Waals surface area contributed by atoms with Crippen LogP contribution in [0, 0.1) is 13.8 Å². The summed E-state index contributed by atoms with van der Waals surface area (Å²) in [6, 6.07) is 6.97. The van der Waals surface area contributed by atoms with Crippen molar-refractivity contribution in [3.63, 3.8) is 0 Å². The monoisotopic (exact) mass is 264 g/mol. The summed E-state index contributed by atoms with van der Waals surface area (Å²) in [4.78, 5) is 0. The molecule has 3 N–H and O–H groups in total. The maximum Gasteiger partial charge on any atom is 0.0550 e.